The van der Waals surface area contributed by atoms with Gasteiger partial charge in [-0.05, 0) is 19.9 Å². The molecule has 0 aromatic carbocycles. The Hall–Kier alpha value is -2.05. The van der Waals surface area contributed by atoms with Gasteiger partial charge in [0.25, 0.3) is 5.78 Å². The van der Waals surface area contributed by atoms with Gasteiger partial charge in [-0.3, -0.25) is 4.79 Å². The third kappa shape index (κ3) is 2.92. The van der Waals surface area contributed by atoms with Crippen LogP contribution in [-0.4, -0.2) is 26.1 Å². The molecule has 0 unspecified atom stereocenters. The summed E-state index contributed by atoms with van der Waals surface area (Å²) in [5.74, 6) is -1.83. The summed E-state index contributed by atoms with van der Waals surface area (Å²) in [5, 5.41) is 0. The van der Waals surface area contributed by atoms with Crippen molar-refractivity contribution in [3.8, 4) is 0 Å². The van der Waals surface area contributed by atoms with Crippen LogP contribution in [0.3, 0.4) is 0 Å². The highest BCUT2D eigenvalue weighted by molar-refractivity contribution is 6.00. The number of nitrogens with zero attached hydrogens (tertiary/aromatic N) is 3. The van der Waals surface area contributed by atoms with Gasteiger partial charge in [0.2, 0.25) is 0 Å². The molecule has 0 aliphatic heterocycles. The summed E-state index contributed by atoms with van der Waals surface area (Å²) >= 11 is 0. The topological polar surface area (TPSA) is 39.8 Å². The molecule has 0 amide bonds. The van der Waals surface area contributed by atoms with Crippen LogP contribution in [-0.2, 0) is 6.54 Å². The van der Waals surface area contributed by atoms with Gasteiger partial charge in [0.1, 0.15) is 0 Å². The van der Waals surface area contributed by atoms with E-state index in [1.807, 2.05) is 18.4 Å². The van der Waals surface area contributed by atoms with Crippen molar-refractivity contribution in [3.63, 3.8) is 0 Å². The lowest BCUT2D eigenvalue weighted by Crippen LogP contribution is -2.22. The maximum absolute atomic E-state index is 12.3. The summed E-state index contributed by atoms with van der Waals surface area (Å²) in [6.45, 7) is 4.34. The van der Waals surface area contributed by atoms with Crippen molar-refractivity contribution in [1.29, 1.82) is 0 Å². The minimum atomic E-state index is -4.84. The van der Waals surface area contributed by atoms with Crippen LogP contribution < -0.4 is 0 Å². The molecule has 2 rings (SSSR count). The SMILES string of the molecule is CC(C)n1cncc1Cn1ccc(C(=O)C(F)(F)F)c1. The first-order valence-electron chi connectivity index (χ1n) is 6.07. The van der Waals surface area contributed by atoms with Gasteiger partial charge in [-0.1, -0.05) is 0 Å². The number of halogens is 3. The average molecular weight is 285 g/mol. The van der Waals surface area contributed by atoms with E-state index in [2.05, 4.69) is 4.98 Å². The minimum Gasteiger partial charge on any atom is -0.348 e. The van der Waals surface area contributed by atoms with Crippen molar-refractivity contribution in [2.75, 3.05) is 0 Å². The molecule has 0 N–H and O–H groups in total. The van der Waals surface area contributed by atoms with Gasteiger partial charge >= 0.3 is 6.18 Å². The molecule has 0 radical (unpaired) electrons. The fourth-order valence-corrected chi connectivity index (χ4v) is 1.94. The van der Waals surface area contributed by atoms with Crippen molar-refractivity contribution in [1.82, 2.24) is 14.1 Å². The molecule has 0 spiro atoms. The van der Waals surface area contributed by atoms with Gasteiger partial charge in [0, 0.05) is 30.2 Å². The first-order valence-corrected chi connectivity index (χ1v) is 6.07. The number of hydrogen-bond donors (Lipinski definition) is 0. The van der Waals surface area contributed by atoms with Crippen LogP contribution >= 0.6 is 0 Å². The largest absolute Gasteiger partial charge is 0.454 e. The number of ketones is 1. The Kier molecular flexibility index (Phi) is 3.69. The molecular formula is C13H14F3N3O. The molecule has 4 nitrogen and oxygen atoms in total. The lowest BCUT2D eigenvalue weighted by Gasteiger charge is -2.12. The zero-order valence-corrected chi connectivity index (χ0v) is 11.1. The van der Waals surface area contributed by atoms with Gasteiger partial charge in [-0.25, -0.2) is 4.98 Å². The van der Waals surface area contributed by atoms with E-state index < -0.39 is 12.0 Å². The zero-order chi connectivity index (χ0) is 14.9. The number of hydrogen-bond acceptors (Lipinski definition) is 2. The molecule has 0 bridgehead atoms. The molecule has 0 aliphatic carbocycles. The summed E-state index contributed by atoms with van der Waals surface area (Å²) in [7, 11) is 0. The predicted octanol–water partition coefficient (Wildman–Crippen LogP) is 3.06. The standard InChI is InChI=1S/C13H14F3N3O/c1-9(2)19-8-17-5-11(19)7-18-4-3-10(6-18)12(20)13(14,15)16/h3-6,8-9H,7H2,1-2H3. The van der Waals surface area contributed by atoms with Crippen molar-refractivity contribution in [3.05, 3.63) is 42.2 Å². The van der Waals surface area contributed by atoms with Crippen molar-refractivity contribution in [2.24, 2.45) is 0 Å². The predicted molar refractivity (Wildman–Crippen MR) is 66.5 cm³/mol. The Balaban J connectivity index is 2.18. The number of imidazole rings is 1. The van der Waals surface area contributed by atoms with Crippen molar-refractivity contribution < 1.29 is 18.0 Å². The zero-order valence-electron chi connectivity index (χ0n) is 11.1. The highest BCUT2D eigenvalue weighted by atomic mass is 19.4. The third-order valence-electron chi connectivity index (χ3n) is 2.92. The summed E-state index contributed by atoms with van der Waals surface area (Å²) in [5.41, 5.74) is 0.509. The van der Waals surface area contributed by atoms with Crippen molar-refractivity contribution in [2.45, 2.75) is 32.6 Å². The van der Waals surface area contributed by atoms with Gasteiger partial charge in [-0.15, -0.1) is 0 Å². The van der Waals surface area contributed by atoms with E-state index in [1.165, 1.54) is 23.0 Å². The molecule has 7 heteroatoms. The van der Waals surface area contributed by atoms with E-state index in [4.69, 9.17) is 0 Å². The van der Waals surface area contributed by atoms with Gasteiger partial charge in [-0.2, -0.15) is 13.2 Å². The highest BCUT2D eigenvalue weighted by Crippen LogP contribution is 2.22. The first-order chi connectivity index (χ1) is 9.29. The molecule has 2 aromatic heterocycles. The second kappa shape index (κ2) is 5.15. The summed E-state index contributed by atoms with van der Waals surface area (Å²) in [6.07, 6.45) is 1.15. The Morgan fingerprint density at radius 3 is 2.70 bits per heavy atom. The monoisotopic (exact) mass is 285 g/mol. The van der Waals surface area contributed by atoms with Gasteiger partial charge in [0.15, 0.2) is 0 Å². The Bertz CT molecular complexity index is 610. The van der Waals surface area contributed by atoms with E-state index in [1.54, 1.807) is 12.5 Å². The lowest BCUT2D eigenvalue weighted by molar-refractivity contribution is -0.0885. The normalized spacial score (nSPS) is 12.1. The van der Waals surface area contributed by atoms with Crippen LogP contribution in [0.5, 0.6) is 0 Å². The number of carbonyl (C=O) groups is 1. The van der Waals surface area contributed by atoms with Crippen LogP contribution in [0.2, 0.25) is 0 Å². The first kappa shape index (κ1) is 14.4. The molecule has 0 fully saturated rings. The molecule has 108 valence electrons. The fourth-order valence-electron chi connectivity index (χ4n) is 1.94. The molecular weight excluding hydrogens is 271 g/mol. The van der Waals surface area contributed by atoms with Crippen LogP contribution in [0.25, 0.3) is 0 Å². The Morgan fingerprint density at radius 2 is 2.10 bits per heavy atom. The van der Waals surface area contributed by atoms with E-state index in [-0.39, 0.29) is 11.6 Å². The average Bonchev–Trinajstić information content (AvgIpc) is 2.96. The number of rotatable bonds is 4. The second-order valence-electron chi connectivity index (χ2n) is 4.79. The quantitative estimate of drug-likeness (QED) is 0.810. The van der Waals surface area contributed by atoms with Crippen LogP contribution in [0.4, 0.5) is 13.2 Å². The highest BCUT2D eigenvalue weighted by Gasteiger charge is 2.39. The molecule has 2 heterocycles. The number of carbonyl (C=O) groups excluding carboxylic acids is 1. The van der Waals surface area contributed by atoms with Gasteiger partial charge < -0.3 is 9.13 Å². The third-order valence-corrected chi connectivity index (χ3v) is 2.92. The van der Waals surface area contributed by atoms with Crippen molar-refractivity contribution >= 4 is 5.78 Å². The smallest absolute Gasteiger partial charge is 0.348 e. The molecule has 0 atom stereocenters. The maximum atomic E-state index is 12.3. The lowest BCUT2D eigenvalue weighted by atomic mass is 10.2. The number of aromatic nitrogens is 3. The number of alkyl halides is 3. The summed E-state index contributed by atoms with van der Waals surface area (Å²) < 4.78 is 40.4. The van der Waals surface area contributed by atoms with Crippen LogP contribution in [0.15, 0.2) is 31.0 Å². The van der Waals surface area contributed by atoms with E-state index in [0.717, 1.165) is 5.69 Å². The van der Waals surface area contributed by atoms with E-state index >= 15 is 0 Å². The van der Waals surface area contributed by atoms with Crippen LogP contribution in [0, 0.1) is 0 Å². The number of Topliss-reactive ketones (excluding diaryl/α,β-unsaturated/α-hetero) is 1. The van der Waals surface area contributed by atoms with Crippen LogP contribution in [0.1, 0.15) is 35.9 Å². The van der Waals surface area contributed by atoms with E-state index in [9.17, 15) is 18.0 Å². The van der Waals surface area contributed by atoms with E-state index in [0.29, 0.717) is 6.54 Å². The Morgan fingerprint density at radius 1 is 1.40 bits per heavy atom. The fraction of sp³-hybridized carbons (Fsp3) is 0.385. The summed E-state index contributed by atoms with van der Waals surface area (Å²) in [4.78, 5) is 15.1. The van der Waals surface area contributed by atoms with Gasteiger partial charge in [0.05, 0.1) is 18.6 Å². The second-order valence-corrected chi connectivity index (χ2v) is 4.79. The molecule has 0 saturated carbocycles. The Labute approximate surface area is 113 Å². The molecule has 20 heavy (non-hydrogen) atoms. The molecule has 2 aromatic rings. The molecule has 0 saturated heterocycles. The molecule has 0 aliphatic rings. The maximum Gasteiger partial charge on any atom is 0.454 e. The minimum absolute atomic E-state index is 0.208. The summed E-state index contributed by atoms with van der Waals surface area (Å²) in [6, 6.07) is 1.38.